The molecule has 1 aromatic heterocycles. The highest BCUT2D eigenvalue weighted by Crippen LogP contribution is 2.30. The molecule has 0 fully saturated rings. The summed E-state index contributed by atoms with van der Waals surface area (Å²) in [6.07, 6.45) is 1.39. The molecule has 0 saturated carbocycles. The molecular weight excluding hydrogens is 475 g/mol. The molecule has 0 unspecified atom stereocenters. The molecule has 0 radical (unpaired) electrons. The van der Waals surface area contributed by atoms with Gasteiger partial charge >= 0.3 is 0 Å². The van der Waals surface area contributed by atoms with Crippen LogP contribution in [0.5, 0.6) is 0 Å². The molecule has 0 saturated heterocycles. The summed E-state index contributed by atoms with van der Waals surface area (Å²) in [5.74, 6) is 0. The highest BCUT2D eigenvalue weighted by atomic mass is 127. The Hall–Kier alpha value is -1.96. The Morgan fingerprint density at radius 2 is 1.62 bits per heavy atom. The second-order valence-electron chi connectivity index (χ2n) is 6.66. The fraction of sp³-hybridized carbons (Fsp3) is 0.292. The number of nitrogens with one attached hydrogen (secondary N) is 1. The highest BCUT2D eigenvalue weighted by Gasteiger charge is 2.12. The standard InChI is InChI=1S/C24H27IN2O2/c1-4-28-24(29-5-2)22-14-13-21(16-26-22)27-20-11-9-18(10-12-20)23-17(3)7-6-8-19(23)15-25/h6-14,16,24,27H,4-5,15H2,1-3H3. The maximum Gasteiger partial charge on any atom is 0.201 e. The number of rotatable bonds is 9. The molecule has 1 N–H and O–H groups in total. The van der Waals surface area contributed by atoms with Crippen LogP contribution in [0, 0.1) is 6.92 Å². The molecule has 0 aliphatic carbocycles. The summed E-state index contributed by atoms with van der Waals surface area (Å²) in [6, 6.07) is 19.0. The summed E-state index contributed by atoms with van der Waals surface area (Å²) in [6.45, 7) is 7.23. The molecule has 0 amide bonds. The molecule has 0 aliphatic rings. The van der Waals surface area contributed by atoms with E-state index in [2.05, 4.69) is 82.3 Å². The van der Waals surface area contributed by atoms with Gasteiger partial charge in [0.2, 0.25) is 6.29 Å². The molecule has 4 nitrogen and oxygen atoms in total. The van der Waals surface area contributed by atoms with E-state index in [1.54, 1.807) is 0 Å². The van der Waals surface area contributed by atoms with Gasteiger partial charge in [0.05, 0.1) is 17.6 Å². The first-order chi connectivity index (χ1) is 14.2. The Kier molecular flexibility index (Phi) is 8.03. The van der Waals surface area contributed by atoms with Crippen molar-refractivity contribution in [1.29, 1.82) is 0 Å². The SMILES string of the molecule is CCOC(OCC)c1ccc(Nc2ccc(-c3c(C)cccc3CI)cc2)cn1. The van der Waals surface area contributed by atoms with E-state index in [4.69, 9.17) is 9.47 Å². The predicted octanol–water partition coefficient (Wildman–Crippen LogP) is 6.81. The second-order valence-corrected chi connectivity index (χ2v) is 7.42. The topological polar surface area (TPSA) is 43.4 Å². The zero-order chi connectivity index (χ0) is 20.6. The molecule has 0 aliphatic heterocycles. The molecule has 5 heteroatoms. The summed E-state index contributed by atoms with van der Waals surface area (Å²) in [5, 5.41) is 3.41. The van der Waals surface area contributed by atoms with Gasteiger partial charge in [-0.05, 0) is 67.3 Å². The van der Waals surface area contributed by atoms with Gasteiger partial charge in [0.25, 0.3) is 0 Å². The number of nitrogens with zero attached hydrogens (tertiary/aromatic N) is 1. The van der Waals surface area contributed by atoms with Gasteiger partial charge in [-0.25, -0.2) is 0 Å². The van der Waals surface area contributed by atoms with Crippen molar-refractivity contribution in [3.63, 3.8) is 0 Å². The van der Waals surface area contributed by atoms with Crippen molar-refractivity contribution in [2.45, 2.75) is 31.5 Å². The Bertz CT molecular complexity index is 905. The van der Waals surface area contributed by atoms with Gasteiger partial charge in [0, 0.05) is 23.3 Å². The van der Waals surface area contributed by atoms with Gasteiger partial charge in [0.15, 0.2) is 0 Å². The summed E-state index contributed by atoms with van der Waals surface area (Å²) in [5.41, 5.74) is 7.97. The van der Waals surface area contributed by atoms with Crippen LogP contribution in [-0.4, -0.2) is 18.2 Å². The molecular formula is C24H27IN2O2. The number of aryl methyl sites for hydroxylation is 1. The van der Waals surface area contributed by atoms with Crippen molar-refractivity contribution in [2.24, 2.45) is 0 Å². The highest BCUT2D eigenvalue weighted by molar-refractivity contribution is 14.1. The van der Waals surface area contributed by atoms with E-state index >= 15 is 0 Å². The van der Waals surface area contributed by atoms with Crippen LogP contribution in [0.3, 0.4) is 0 Å². The largest absolute Gasteiger partial charge is 0.354 e. The zero-order valence-corrected chi connectivity index (χ0v) is 19.3. The lowest BCUT2D eigenvalue weighted by molar-refractivity contribution is -0.142. The molecule has 2 aromatic carbocycles. The van der Waals surface area contributed by atoms with Crippen LogP contribution in [0.25, 0.3) is 11.1 Å². The Morgan fingerprint density at radius 3 is 2.21 bits per heavy atom. The van der Waals surface area contributed by atoms with Crippen LogP contribution < -0.4 is 5.32 Å². The van der Waals surface area contributed by atoms with Gasteiger partial charge in [-0.2, -0.15) is 0 Å². The number of aromatic nitrogens is 1. The van der Waals surface area contributed by atoms with Crippen molar-refractivity contribution in [2.75, 3.05) is 18.5 Å². The predicted molar refractivity (Wildman–Crippen MR) is 128 cm³/mol. The van der Waals surface area contributed by atoms with Crippen LogP contribution in [-0.2, 0) is 13.9 Å². The fourth-order valence-electron chi connectivity index (χ4n) is 3.28. The monoisotopic (exact) mass is 502 g/mol. The lowest BCUT2D eigenvalue weighted by Crippen LogP contribution is -2.10. The third-order valence-electron chi connectivity index (χ3n) is 4.63. The average Bonchev–Trinajstić information content (AvgIpc) is 2.75. The van der Waals surface area contributed by atoms with E-state index in [1.165, 1.54) is 22.3 Å². The first-order valence-corrected chi connectivity index (χ1v) is 11.4. The summed E-state index contributed by atoms with van der Waals surface area (Å²) in [4.78, 5) is 4.50. The first kappa shape index (κ1) is 21.7. The van der Waals surface area contributed by atoms with Gasteiger partial charge in [-0.1, -0.05) is 52.9 Å². The third-order valence-corrected chi connectivity index (χ3v) is 5.45. The minimum atomic E-state index is -0.417. The van der Waals surface area contributed by atoms with Crippen molar-refractivity contribution in [1.82, 2.24) is 4.98 Å². The molecule has 1 heterocycles. The van der Waals surface area contributed by atoms with Crippen LogP contribution in [0.1, 0.15) is 37.0 Å². The Morgan fingerprint density at radius 1 is 0.931 bits per heavy atom. The normalized spacial score (nSPS) is 11.1. The lowest BCUT2D eigenvalue weighted by atomic mass is 9.96. The summed E-state index contributed by atoms with van der Waals surface area (Å²) >= 11 is 2.42. The van der Waals surface area contributed by atoms with E-state index < -0.39 is 6.29 Å². The minimum Gasteiger partial charge on any atom is -0.354 e. The van der Waals surface area contributed by atoms with E-state index in [0.717, 1.165) is 21.5 Å². The van der Waals surface area contributed by atoms with E-state index in [0.29, 0.717) is 13.2 Å². The maximum absolute atomic E-state index is 5.60. The Labute approximate surface area is 186 Å². The number of ether oxygens (including phenoxy) is 2. The lowest BCUT2D eigenvalue weighted by Gasteiger charge is -2.16. The summed E-state index contributed by atoms with van der Waals surface area (Å²) in [7, 11) is 0. The number of anilines is 2. The average molecular weight is 502 g/mol. The first-order valence-electron chi connectivity index (χ1n) is 9.87. The maximum atomic E-state index is 5.60. The minimum absolute atomic E-state index is 0.417. The van der Waals surface area contributed by atoms with Crippen LogP contribution >= 0.6 is 22.6 Å². The molecule has 3 aromatic rings. The number of halogens is 1. The van der Waals surface area contributed by atoms with E-state index in [9.17, 15) is 0 Å². The van der Waals surface area contributed by atoms with Crippen LogP contribution in [0.2, 0.25) is 0 Å². The number of hydrogen-bond acceptors (Lipinski definition) is 4. The van der Waals surface area contributed by atoms with Crippen molar-refractivity contribution in [3.05, 3.63) is 77.6 Å². The van der Waals surface area contributed by atoms with Gasteiger partial charge in [-0.3, -0.25) is 4.98 Å². The number of benzene rings is 2. The quantitative estimate of drug-likeness (QED) is 0.198. The molecule has 0 bridgehead atoms. The van der Waals surface area contributed by atoms with E-state index in [1.807, 2.05) is 32.2 Å². The number of alkyl halides is 1. The van der Waals surface area contributed by atoms with Crippen molar-refractivity contribution in [3.8, 4) is 11.1 Å². The van der Waals surface area contributed by atoms with E-state index in [-0.39, 0.29) is 0 Å². The molecule has 0 atom stereocenters. The zero-order valence-electron chi connectivity index (χ0n) is 17.1. The molecule has 3 rings (SSSR count). The van der Waals surface area contributed by atoms with Gasteiger partial charge < -0.3 is 14.8 Å². The van der Waals surface area contributed by atoms with Crippen molar-refractivity contribution >= 4 is 34.0 Å². The molecule has 152 valence electrons. The smallest absolute Gasteiger partial charge is 0.201 e. The fourth-order valence-corrected chi connectivity index (χ4v) is 3.92. The number of pyridine rings is 1. The number of hydrogen-bond donors (Lipinski definition) is 1. The second kappa shape index (κ2) is 10.7. The Balaban J connectivity index is 1.73. The van der Waals surface area contributed by atoms with Gasteiger partial charge in [-0.15, -0.1) is 0 Å². The van der Waals surface area contributed by atoms with Crippen molar-refractivity contribution < 1.29 is 9.47 Å². The molecule has 29 heavy (non-hydrogen) atoms. The van der Waals surface area contributed by atoms with Gasteiger partial charge in [0.1, 0.15) is 0 Å². The third kappa shape index (κ3) is 5.56. The van der Waals surface area contributed by atoms with Crippen LogP contribution in [0.15, 0.2) is 60.8 Å². The summed E-state index contributed by atoms with van der Waals surface area (Å²) < 4.78 is 12.2. The van der Waals surface area contributed by atoms with Crippen LogP contribution in [0.4, 0.5) is 11.4 Å². The molecule has 0 spiro atoms.